The molecule has 2 saturated carbocycles. The summed E-state index contributed by atoms with van der Waals surface area (Å²) in [6.45, 7) is 60.0. The summed E-state index contributed by atoms with van der Waals surface area (Å²) >= 11 is 0. The first-order chi connectivity index (χ1) is 68.4. The molecule has 6 aromatic carbocycles. The lowest BCUT2D eigenvalue weighted by atomic mass is 9.88. The van der Waals surface area contributed by atoms with E-state index in [-0.39, 0.29) is 106 Å². The highest BCUT2D eigenvalue weighted by molar-refractivity contribution is 6.06. The number of anilines is 6. The van der Waals surface area contributed by atoms with Gasteiger partial charge in [-0.05, 0) is 250 Å². The molecule has 11 amide bonds. The predicted molar refractivity (Wildman–Crippen MR) is 591 cm³/mol. The molecule has 814 valence electrons. The van der Waals surface area contributed by atoms with Gasteiger partial charge in [0, 0.05) is 138 Å². The number of carbonyl (C=O) groups excluding carboxylic acids is 11. The fourth-order valence-corrected chi connectivity index (χ4v) is 16.3. The van der Waals surface area contributed by atoms with Gasteiger partial charge in [0.15, 0.2) is 12.6 Å². The standard InChI is InChI=1S/C33H57N3O3.C24H30O6.2C21H33N3O3.C20H28N2O2/c1-23(2)14-12-11-13-19-34-29(37)26-20-27(30(38)35-24(3)15-17-32(5,6)7)22-28(21-26)31(39)36-25(4)16-18-33(8,9)10;1-13-5-7-17(9-15(13)3)23-27-12-20-22(30-23)21(19(26)11-25)29-24(28-20)18-8-6-14(2)16(4)10-18;1-13(2)9-17(25)22-14-10-15(23-18(26)20(3,4)5)12-16(11-14)24-19(27)21(6,7)8;1-13(2)9-17(25)22-15-10-14(18(26)24-21(6,7)8)11-16(12-15)23-19(27)20(3,4)5;23-19(15-7-3-1-4-8-15)22-18-13-11-16(12-14-18)20(24)21-17-9-5-2-6-10-17/h20-25H,11-19H2,1-10H3,(H,34,37)(H,35,38)(H,36,39);5-10,19-26H,11-12H2,1-4H3;10-13H,9H2,1-8H3,(H,22,25)(H,23,26)(H,24,27);10-13H,9H2,1-8H3,(H,22,25)(H,23,27)(H,24,26);11-15,17H,1-10H2,(H,21,24)(H,22,23). The van der Waals surface area contributed by atoms with Crippen LogP contribution in [0.3, 0.4) is 0 Å². The Hall–Kier alpha value is -10.8. The summed E-state index contributed by atoms with van der Waals surface area (Å²) in [7, 11) is 0. The number of nitrogens with one attached hydrogen (secondary N) is 11. The minimum Gasteiger partial charge on any atom is -0.394 e. The normalized spacial score (nSPS) is 17.3. The average molecular weight is 2040 g/mol. The highest BCUT2D eigenvalue weighted by Crippen LogP contribution is 2.41. The lowest BCUT2D eigenvalue weighted by Gasteiger charge is -2.47. The van der Waals surface area contributed by atoms with Gasteiger partial charge in [0.25, 0.3) is 29.5 Å². The quantitative estimate of drug-likeness (QED) is 0.0170. The van der Waals surface area contributed by atoms with Gasteiger partial charge >= 0.3 is 0 Å². The molecule has 13 N–H and O–H groups in total. The minimum absolute atomic E-state index is 0.00735. The average Bonchev–Trinajstić information content (AvgIpc) is 0.769. The summed E-state index contributed by atoms with van der Waals surface area (Å²) < 4.78 is 24.4. The molecule has 0 radical (unpaired) electrons. The second-order valence-corrected chi connectivity index (χ2v) is 48.5. The van der Waals surface area contributed by atoms with Crippen molar-refractivity contribution >= 4 is 99.1 Å². The molecule has 10 rings (SSSR count). The zero-order valence-corrected chi connectivity index (χ0v) is 94.3. The van der Waals surface area contributed by atoms with Crippen molar-refractivity contribution in [2.75, 3.05) is 51.7 Å². The van der Waals surface area contributed by atoms with Gasteiger partial charge in [-0.3, -0.25) is 52.7 Å². The Bertz CT molecular complexity index is 5200. The third-order valence-corrected chi connectivity index (χ3v) is 25.5. The van der Waals surface area contributed by atoms with Crippen molar-refractivity contribution in [1.82, 2.24) is 26.6 Å². The molecule has 8 atom stereocenters. The van der Waals surface area contributed by atoms with Gasteiger partial charge in [0.2, 0.25) is 35.4 Å². The van der Waals surface area contributed by atoms with Crippen LogP contribution < -0.4 is 58.5 Å². The summed E-state index contributed by atoms with van der Waals surface area (Å²) in [5.41, 5.74) is 9.99. The summed E-state index contributed by atoms with van der Waals surface area (Å²) in [6.07, 6.45) is 16.1. The van der Waals surface area contributed by atoms with Gasteiger partial charge < -0.3 is 87.6 Å². The molecule has 0 bridgehead atoms. The number of fused-ring (bicyclic) bond motifs is 1. The van der Waals surface area contributed by atoms with E-state index in [0.29, 0.717) is 94.2 Å². The molecule has 4 fully saturated rings. The molecule has 6 aromatic rings. The van der Waals surface area contributed by atoms with Gasteiger partial charge in [0.05, 0.1) is 13.2 Å². The number of aryl methyl sites for hydroxylation is 4. The maximum atomic E-state index is 13.2. The lowest BCUT2D eigenvalue weighted by Crippen LogP contribution is -2.58. The number of aliphatic hydroxyl groups excluding tert-OH is 2. The molecule has 4 aliphatic rings. The maximum Gasteiger partial charge on any atom is 0.251 e. The largest absolute Gasteiger partial charge is 0.394 e. The van der Waals surface area contributed by atoms with Crippen LogP contribution in [-0.4, -0.2) is 143 Å². The van der Waals surface area contributed by atoms with Crippen LogP contribution in [0.2, 0.25) is 0 Å². The van der Waals surface area contributed by atoms with E-state index in [2.05, 4.69) is 121 Å². The Morgan fingerprint density at radius 2 is 0.803 bits per heavy atom. The number of amides is 11. The van der Waals surface area contributed by atoms with Crippen LogP contribution in [0.15, 0.2) is 115 Å². The van der Waals surface area contributed by atoms with Gasteiger partial charge in [-0.2, -0.15) is 0 Å². The molecule has 2 aliphatic heterocycles. The zero-order valence-electron chi connectivity index (χ0n) is 94.3. The maximum absolute atomic E-state index is 13.2. The molecule has 8 unspecified atom stereocenters. The van der Waals surface area contributed by atoms with Crippen molar-refractivity contribution in [2.24, 2.45) is 50.7 Å². The molecule has 28 nitrogen and oxygen atoms in total. The molecule has 2 heterocycles. The third kappa shape index (κ3) is 46.1. The monoisotopic (exact) mass is 2040 g/mol. The number of carbonyl (C=O) groups is 11. The first-order valence-corrected chi connectivity index (χ1v) is 53.4. The van der Waals surface area contributed by atoms with Crippen molar-refractivity contribution in [2.45, 2.75) is 397 Å². The smallest absolute Gasteiger partial charge is 0.251 e. The second-order valence-electron chi connectivity index (χ2n) is 48.5. The molecular weight excluding hydrogens is 1860 g/mol. The molecule has 147 heavy (non-hydrogen) atoms. The van der Waals surface area contributed by atoms with Gasteiger partial charge in [0.1, 0.15) is 24.4 Å². The highest BCUT2D eigenvalue weighted by Gasteiger charge is 2.49. The fourth-order valence-electron chi connectivity index (χ4n) is 16.3. The van der Waals surface area contributed by atoms with Crippen LogP contribution in [0.1, 0.15) is 406 Å². The fraction of sp³-hybridized carbons (Fsp3) is 0.605. The number of aliphatic hydroxyl groups is 2. The summed E-state index contributed by atoms with van der Waals surface area (Å²) in [5.74, 6) is -0.394. The number of hydrogen-bond donors (Lipinski definition) is 13. The SMILES string of the molecule is CC(C)CC(=O)Nc1cc(NC(=O)C(C)(C)C)cc(C(=O)NC(C)(C)C)c1.CC(C)CC(=O)Nc1cc(NC(=O)C(C)(C)C)cc(NC(=O)C(C)(C)C)c1.CC(C)CCCCCNC(=O)c1cc(C(=O)NC(C)CCC(C)(C)C)cc(C(=O)NC(C)CCC(C)(C)C)c1.Cc1ccc(C2OC3COC(c4ccc(C)c(C)c4)OC3C(C(O)CO)O2)cc1C.O=C(NC1CCCCC1)c1ccc(NC(=O)C2CCCCC2)cc1. The van der Waals surface area contributed by atoms with Crippen molar-refractivity contribution < 1.29 is 81.9 Å². The molecule has 2 aliphatic carbocycles. The van der Waals surface area contributed by atoms with E-state index in [1.165, 1.54) is 43.2 Å². The number of hydrogen-bond acceptors (Lipinski definition) is 17. The lowest BCUT2D eigenvalue weighted by molar-refractivity contribution is -0.373. The van der Waals surface area contributed by atoms with E-state index < -0.39 is 65.4 Å². The highest BCUT2D eigenvalue weighted by atomic mass is 16.8. The van der Waals surface area contributed by atoms with E-state index in [9.17, 15) is 63.0 Å². The number of unbranched alkanes of at least 4 members (excludes halogenated alkanes) is 2. The number of benzene rings is 6. The first kappa shape index (κ1) is 125. The molecule has 28 heteroatoms. The van der Waals surface area contributed by atoms with Gasteiger partial charge in [-0.15, -0.1) is 0 Å². The Balaban J connectivity index is 0.000000283. The summed E-state index contributed by atoms with van der Waals surface area (Å²) in [4.78, 5) is 138. The van der Waals surface area contributed by atoms with E-state index in [1.807, 2.05) is 194 Å². The van der Waals surface area contributed by atoms with Crippen LogP contribution in [0.25, 0.3) is 0 Å². The number of rotatable bonds is 33. The third-order valence-electron chi connectivity index (χ3n) is 25.5. The van der Waals surface area contributed by atoms with Gasteiger partial charge in [-0.1, -0.05) is 240 Å². The molecule has 2 saturated heterocycles. The van der Waals surface area contributed by atoms with Crippen molar-refractivity contribution in [3.8, 4) is 0 Å². The second kappa shape index (κ2) is 57.9. The van der Waals surface area contributed by atoms with E-state index in [1.54, 1.807) is 66.7 Å². The predicted octanol–water partition coefficient (Wildman–Crippen LogP) is 23.8. The van der Waals surface area contributed by atoms with Crippen LogP contribution in [0.5, 0.6) is 0 Å². The Kier molecular flexibility index (Phi) is 49.2. The minimum atomic E-state index is -1.09. The van der Waals surface area contributed by atoms with Crippen molar-refractivity contribution in [3.63, 3.8) is 0 Å². The van der Waals surface area contributed by atoms with Gasteiger partial charge in [-0.25, -0.2) is 0 Å². The molecular formula is C119H181N11O17. The Labute approximate surface area is 878 Å². The molecule has 0 aromatic heterocycles. The zero-order chi connectivity index (χ0) is 110. The number of ether oxygens (including phenoxy) is 4. The van der Waals surface area contributed by atoms with Crippen LogP contribution in [0, 0.1) is 78.4 Å². The van der Waals surface area contributed by atoms with Crippen LogP contribution in [-0.2, 0) is 47.7 Å². The molecule has 0 spiro atoms. The van der Waals surface area contributed by atoms with E-state index in [0.717, 1.165) is 111 Å². The Morgan fingerprint density at radius 3 is 1.22 bits per heavy atom. The summed E-state index contributed by atoms with van der Waals surface area (Å²) in [5, 5.41) is 52.3. The topological polar surface area (TPSA) is 397 Å². The van der Waals surface area contributed by atoms with Crippen LogP contribution in [0.4, 0.5) is 34.1 Å². The van der Waals surface area contributed by atoms with Crippen molar-refractivity contribution in [1.29, 1.82) is 0 Å². The summed E-state index contributed by atoms with van der Waals surface area (Å²) in [6, 6.07) is 34.3. The van der Waals surface area contributed by atoms with Crippen molar-refractivity contribution in [3.05, 3.63) is 176 Å². The first-order valence-electron chi connectivity index (χ1n) is 53.4. The Morgan fingerprint density at radius 1 is 0.388 bits per heavy atom. The van der Waals surface area contributed by atoms with Crippen LogP contribution >= 0.6 is 0 Å². The van der Waals surface area contributed by atoms with E-state index in [4.69, 9.17) is 18.9 Å². The van der Waals surface area contributed by atoms with E-state index >= 15 is 0 Å².